The lowest BCUT2D eigenvalue weighted by Gasteiger charge is -2.34. The van der Waals surface area contributed by atoms with E-state index in [2.05, 4.69) is 29.8 Å². The van der Waals surface area contributed by atoms with E-state index < -0.39 is 0 Å². The highest BCUT2D eigenvalue weighted by Gasteiger charge is 2.31. The molecule has 1 aliphatic rings. The molecule has 1 heterocycles. The normalized spacial score (nSPS) is 32.6. The smallest absolute Gasteiger partial charge is 0.174 e. The SMILES string of the molecule is CC1CCC(C(O)c2ccoc2Br)CC1C. The van der Waals surface area contributed by atoms with Gasteiger partial charge >= 0.3 is 0 Å². The summed E-state index contributed by atoms with van der Waals surface area (Å²) in [6, 6.07) is 1.86. The maximum absolute atomic E-state index is 10.3. The Morgan fingerprint density at radius 3 is 2.69 bits per heavy atom. The standard InChI is InChI=1S/C13H19BrO2/c1-8-3-4-10(7-9(8)2)12(15)11-5-6-16-13(11)14/h5-6,8-10,12,15H,3-4,7H2,1-2H3. The molecule has 2 nitrogen and oxygen atoms in total. The van der Waals surface area contributed by atoms with Gasteiger partial charge in [-0.3, -0.25) is 0 Å². The molecule has 4 unspecified atom stereocenters. The highest BCUT2D eigenvalue weighted by molar-refractivity contribution is 9.10. The fourth-order valence-corrected chi connectivity index (χ4v) is 3.12. The Morgan fingerprint density at radius 2 is 2.12 bits per heavy atom. The van der Waals surface area contributed by atoms with Crippen molar-refractivity contribution >= 4 is 15.9 Å². The maximum atomic E-state index is 10.3. The van der Waals surface area contributed by atoms with E-state index in [-0.39, 0.29) is 6.10 Å². The van der Waals surface area contributed by atoms with Crippen molar-refractivity contribution in [2.24, 2.45) is 17.8 Å². The van der Waals surface area contributed by atoms with Gasteiger partial charge in [0.25, 0.3) is 0 Å². The predicted molar refractivity (Wildman–Crippen MR) is 67.0 cm³/mol. The number of halogens is 1. The van der Waals surface area contributed by atoms with Crippen LogP contribution in [0.1, 0.15) is 44.8 Å². The van der Waals surface area contributed by atoms with Crippen molar-refractivity contribution in [1.82, 2.24) is 0 Å². The summed E-state index contributed by atoms with van der Waals surface area (Å²) in [5, 5.41) is 10.3. The third-order valence-corrected chi connectivity index (χ3v) is 4.69. The summed E-state index contributed by atoms with van der Waals surface area (Å²) in [5.41, 5.74) is 0.895. The van der Waals surface area contributed by atoms with Crippen LogP contribution in [0.25, 0.3) is 0 Å². The van der Waals surface area contributed by atoms with Gasteiger partial charge in [0.2, 0.25) is 0 Å². The molecule has 1 saturated carbocycles. The summed E-state index contributed by atoms with van der Waals surface area (Å²) in [7, 11) is 0. The van der Waals surface area contributed by atoms with E-state index in [1.165, 1.54) is 6.42 Å². The van der Waals surface area contributed by atoms with Gasteiger partial charge in [0, 0.05) is 5.56 Å². The van der Waals surface area contributed by atoms with Crippen LogP contribution >= 0.6 is 15.9 Å². The lowest BCUT2D eigenvalue weighted by molar-refractivity contribution is 0.0550. The minimum atomic E-state index is -0.386. The molecule has 1 fully saturated rings. The number of aliphatic hydroxyl groups excluding tert-OH is 1. The molecule has 0 amide bonds. The second-order valence-corrected chi connectivity index (χ2v) is 5.84. The second-order valence-electron chi connectivity index (χ2n) is 5.12. The third kappa shape index (κ3) is 2.35. The summed E-state index contributed by atoms with van der Waals surface area (Å²) in [6.07, 6.45) is 4.68. The van der Waals surface area contributed by atoms with Gasteiger partial charge in [-0.1, -0.05) is 20.3 Å². The molecular formula is C13H19BrO2. The number of hydrogen-bond acceptors (Lipinski definition) is 2. The van der Waals surface area contributed by atoms with Crippen LogP contribution in [0.4, 0.5) is 0 Å². The molecule has 4 atom stereocenters. The summed E-state index contributed by atoms with van der Waals surface area (Å²) >= 11 is 3.33. The van der Waals surface area contributed by atoms with E-state index in [1.54, 1.807) is 6.26 Å². The Labute approximate surface area is 105 Å². The number of rotatable bonds is 2. The van der Waals surface area contributed by atoms with Crippen LogP contribution < -0.4 is 0 Å². The van der Waals surface area contributed by atoms with Gasteiger partial charge in [0.1, 0.15) is 0 Å². The Bertz CT molecular complexity index is 347. The zero-order valence-corrected chi connectivity index (χ0v) is 11.4. The molecule has 1 N–H and O–H groups in total. The van der Waals surface area contributed by atoms with Crippen LogP contribution in [-0.2, 0) is 0 Å². The van der Waals surface area contributed by atoms with E-state index >= 15 is 0 Å². The summed E-state index contributed by atoms with van der Waals surface area (Å²) in [6.45, 7) is 4.59. The van der Waals surface area contributed by atoms with Crippen molar-refractivity contribution < 1.29 is 9.52 Å². The predicted octanol–water partition coefficient (Wildman–Crippen LogP) is 4.15. The van der Waals surface area contributed by atoms with Crippen molar-refractivity contribution in [2.45, 2.75) is 39.2 Å². The number of furan rings is 1. The summed E-state index contributed by atoms with van der Waals surface area (Å²) in [5.74, 6) is 1.87. The van der Waals surface area contributed by atoms with Crippen LogP contribution in [0.3, 0.4) is 0 Å². The topological polar surface area (TPSA) is 33.4 Å². The van der Waals surface area contributed by atoms with E-state index in [0.29, 0.717) is 16.5 Å². The summed E-state index contributed by atoms with van der Waals surface area (Å²) in [4.78, 5) is 0. The third-order valence-electron chi connectivity index (χ3n) is 4.05. The highest BCUT2D eigenvalue weighted by Crippen LogP contribution is 2.41. The zero-order chi connectivity index (χ0) is 11.7. The van der Waals surface area contributed by atoms with E-state index in [1.807, 2.05) is 6.07 Å². The molecule has 0 bridgehead atoms. The van der Waals surface area contributed by atoms with Gasteiger partial charge in [-0.15, -0.1) is 0 Å². The van der Waals surface area contributed by atoms with E-state index in [0.717, 1.165) is 24.3 Å². The molecule has 0 aliphatic heterocycles. The van der Waals surface area contributed by atoms with Crippen molar-refractivity contribution in [3.05, 3.63) is 22.6 Å². The number of aliphatic hydroxyl groups is 1. The lowest BCUT2D eigenvalue weighted by atomic mass is 9.73. The van der Waals surface area contributed by atoms with E-state index in [4.69, 9.17) is 4.42 Å². The van der Waals surface area contributed by atoms with Crippen LogP contribution in [0.2, 0.25) is 0 Å². The van der Waals surface area contributed by atoms with Crippen molar-refractivity contribution in [2.75, 3.05) is 0 Å². The minimum absolute atomic E-state index is 0.375. The van der Waals surface area contributed by atoms with Gasteiger partial charge in [0.05, 0.1) is 12.4 Å². The fraction of sp³-hybridized carbons (Fsp3) is 0.692. The Hall–Kier alpha value is -0.280. The molecule has 0 aromatic carbocycles. The minimum Gasteiger partial charge on any atom is -0.457 e. The monoisotopic (exact) mass is 286 g/mol. The molecule has 1 aliphatic carbocycles. The Morgan fingerprint density at radius 1 is 1.38 bits per heavy atom. The molecule has 2 rings (SSSR count). The number of hydrogen-bond donors (Lipinski definition) is 1. The average Bonchev–Trinajstić information content (AvgIpc) is 2.67. The zero-order valence-electron chi connectivity index (χ0n) is 9.82. The molecule has 16 heavy (non-hydrogen) atoms. The maximum Gasteiger partial charge on any atom is 0.174 e. The van der Waals surface area contributed by atoms with Crippen molar-refractivity contribution in [3.8, 4) is 0 Å². The largest absolute Gasteiger partial charge is 0.457 e. The molecule has 1 aromatic heterocycles. The Kier molecular flexibility index (Phi) is 3.75. The van der Waals surface area contributed by atoms with Gasteiger partial charge in [-0.25, -0.2) is 0 Å². The van der Waals surface area contributed by atoms with E-state index in [9.17, 15) is 5.11 Å². The highest BCUT2D eigenvalue weighted by atomic mass is 79.9. The van der Waals surface area contributed by atoms with Crippen molar-refractivity contribution in [3.63, 3.8) is 0 Å². The molecule has 0 spiro atoms. The van der Waals surface area contributed by atoms with Gasteiger partial charge in [-0.2, -0.15) is 0 Å². The summed E-state index contributed by atoms with van der Waals surface area (Å²) < 4.78 is 5.85. The van der Waals surface area contributed by atoms with Crippen molar-refractivity contribution in [1.29, 1.82) is 0 Å². The van der Waals surface area contributed by atoms with Gasteiger partial charge in [0.15, 0.2) is 4.67 Å². The van der Waals surface area contributed by atoms with Crippen LogP contribution in [0.5, 0.6) is 0 Å². The second kappa shape index (κ2) is 4.92. The molecule has 0 saturated heterocycles. The van der Waals surface area contributed by atoms with Crippen LogP contribution in [0, 0.1) is 17.8 Å². The molecule has 3 heteroatoms. The van der Waals surface area contributed by atoms with Gasteiger partial charge in [-0.05, 0) is 52.6 Å². The first-order valence-corrected chi connectivity index (χ1v) is 6.80. The average molecular weight is 287 g/mol. The Balaban J connectivity index is 2.06. The first-order valence-electron chi connectivity index (χ1n) is 6.00. The van der Waals surface area contributed by atoms with Crippen LogP contribution in [0.15, 0.2) is 21.4 Å². The molecule has 0 radical (unpaired) electrons. The molecule has 1 aromatic rings. The lowest BCUT2D eigenvalue weighted by Crippen LogP contribution is -2.25. The first-order chi connectivity index (χ1) is 7.59. The fourth-order valence-electron chi connectivity index (χ4n) is 2.65. The first kappa shape index (κ1) is 12.2. The van der Waals surface area contributed by atoms with Crippen LogP contribution in [-0.4, -0.2) is 5.11 Å². The quantitative estimate of drug-likeness (QED) is 0.886. The molecule has 90 valence electrons. The molecular weight excluding hydrogens is 268 g/mol. The van der Waals surface area contributed by atoms with Gasteiger partial charge < -0.3 is 9.52 Å².